The Bertz CT molecular complexity index is 425. The molecule has 0 aromatic heterocycles. The molecule has 1 fully saturated rings. The van der Waals surface area contributed by atoms with Crippen molar-refractivity contribution in [2.75, 3.05) is 18.4 Å². The highest BCUT2D eigenvalue weighted by atomic mass is 16.1. The van der Waals surface area contributed by atoms with Gasteiger partial charge in [-0.05, 0) is 50.1 Å². The maximum atomic E-state index is 11.1. The quantitative estimate of drug-likeness (QED) is 0.758. The topological polar surface area (TPSA) is 67.2 Å². The number of piperidine rings is 1. The van der Waals surface area contributed by atoms with Gasteiger partial charge in [0, 0.05) is 23.8 Å². The van der Waals surface area contributed by atoms with Gasteiger partial charge in [0.15, 0.2) is 0 Å². The van der Waals surface area contributed by atoms with E-state index in [0.29, 0.717) is 11.6 Å². The van der Waals surface area contributed by atoms with Crippen LogP contribution in [0, 0.1) is 6.92 Å². The number of rotatable bonds is 4. The minimum absolute atomic E-state index is 0.368. The van der Waals surface area contributed by atoms with E-state index in [9.17, 15) is 4.79 Å². The number of aryl methyl sites for hydroxylation is 1. The summed E-state index contributed by atoms with van der Waals surface area (Å²) in [6, 6.07) is 6.22. The minimum Gasteiger partial charge on any atom is -0.383 e. The second kappa shape index (κ2) is 5.87. The van der Waals surface area contributed by atoms with Gasteiger partial charge >= 0.3 is 0 Å². The fourth-order valence-electron chi connectivity index (χ4n) is 2.39. The zero-order valence-corrected chi connectivity index (χ0v) is 10.8. The van der Waals surface area contributed by atoms with Gasteiger partial charge in [0.25, 0.3) is 0 Å². The van der Waals surface area contributed by atoms with Crippen molar-refractivity contribution < 1.29 is 4.79 Å². The molecular formula is C14H21N3O. The van der Waals surface area contributed by atoms with Gasteiger partial charge in [-0.25, -0.2) is 0 Å². The molecule has 1 aliphatic heterocycles. The molecule has 1 amide bonds. The van der Waals surface area contributed by atoms with Crippen LogP contribution in [0.3, 0.4) is 0 Å². The first kappa shape index (κ1) is 12.9. The molecule has 0 saturated carbocycles. The average molecular weight is 247 g/mol. The van der Waals surface area contributed by atoms with Crippen molar-refractivity contribution in [3.63, 3.8) is 0 Å². The van der Waals surface area contributed by atoms with Gasteiger partial charge in [0.1, 0.15) is 0 Å². The molecule has 0 aliphatic carbocycles. The van der Waals surface area contributed by atoms with Crippen molar-refractivity contribution in [3.05, 3.63) is 29.3 Å². The number of carbonyl (C=O) groups excluding carboxylic acids is 1. The van der Waals surface area contributed by atoms with E-state index in [4.69, 9.17) is 5.73 Å². The number of carbonyl (C=O) groups is 1. The Kier molecular flexibility index (Phi) is 4.20. The summed E-state index contributed by atoms with van der Waals surface area (Å²) in [5.41, 5.74) is 7.85. The van der Waals surface area contributed by atoms with Crippen LogP contribution < -0.4 is 16.4 Å². The van der Waals surface area contributed by atoms with Crippen LogP contribution in [0.25, 0.3) is 0 Å². The number of nitrogens with one attached hydrogen (secondary N) is 2. The lowest BCUT2D eigenvalue weighted by Crippen LogP contribution is -2.39. The highest BCUT2D eigenvalue weighted by molar-refractivity contribution is 5.94. The Hall–Kier alpha value is -1.55. The third-order valence-electron chi connectivity index (χ3n) is 3.46. The Morgan fingerprint density at radius 1 is 1.50 bits per heavy atom. The minimum atomic E-state index is -0.368. The molecule has 1 heterocycles. The number of anilines is 1. The highest BCUT2D eigenvalue weighted by Crippen LogP contribution is 2.15. The number of primary amides is 1. The first-order valence-electron chi connectivity index (χ1n) is 6.54. The lowest BCUT2D eigenvalue weighted by Gasteiger charge is -2.24. The van der Waals surface area contributed by atoms with Crippen molar-refractivity contribution in [1.82, 2.24) is 5.32 Å². The molecule has 1 saturated heterocycles. The van der Waals surface area contributed by atoms with E-state index in [2.05, 4.69) is 10.6 Å². The summed E-state index contributed by atoms with van der Waals surface area (Å²) < 4.78 is 0. The zero-order chi connectivity index (χ0) is 13.0. The first-order chi connectivity index (χ1) is 8.66. The Morgan fingerprint density at radius 2 is 2.33 bits per heavy atom. The predicted octanol–water partition coefficient (Wildman–Crippen LogP) is 1.65. The zero-order valence-electron chi connectivity index (χ0n) is 10.8. The molecule has 1 aromatic rings. The van der Waals surface area contributed by atoms with Gasteiger partial charge in [0.05, 0.1) is 0 Å². The second-order valence-corrected chi connectivity index (χ2v) is 4.92. The molecule has 1 atom stereocenters. The number of benzene rings is 1. The van der Waals surface area contributed by atoms with Crippen LogP contribution in [0.5, 0.6) is 0 Å². The number of nitrogens with two attached hydrogens (primary N) is 1. The van der Waals surface area contributed by atoms with Crippen LogP contribution in [0.2, 0.25) is 0 Å². The molecule has 4 heteroatoms. The van der Waals surface area contributed by atoms with Gasteiger partial charge in [0.2, 0.25) is 5.91 Å². The molecule has 0 spiro atoms. The first-order valence-corrected chi connectivity index (χ1v) is 6.54. The molecule has 4 nitrogen and oxygen atoms in total. The molecule has 0 radical (unpaired) electrons. The van der Waals surface area contributed by atoms with Crippen LogP contribution in [-0.2, 0) is 0 Å². The Morgan fingerprint density at radius 3 is 2.94 bits per heavy atom. The molecule has 1 unspecified atom stereocenters. The third kappa shape index (κ3) is 3.23. The summed E-state index contributed by atoms with van der Waals surface area (Å²) in [5, 5.41) is 6.90. The standard InChI is InChI=1S/C14H21N3O/c1-10-8-11(5-6-13(10)14(15)18)17-9-12-4-2-3-7-16-12/h5-6,8,12,16-17H,2-4,7,9H2,1H3,(H2,15,18). The van der Waals surface area contributed by atoms with Crippen molar-refractivity contribution in [3.8, 4) is 0 Å². The van der Waals surface area contributed by atoms with Crippen molar-refractivity contribution >= 4 is 11.6 Å². The van der Waals surface area contributed by atoms with Crippen molar-refractivity contribution in [2.45, 2.75) is 32.2 Å². The summed E-state index contributed by atoms with van der Waals surface area (Å²) >= 11 is 0. The molecular weight excluding hydrogens is 226 g/mol. The van der Waals surface area contributed by atoms with E-state index in [0.717, 1.165) is 24.3 Å². The maximum Gasteiger partial charge on any atom is 0.248 e. The van der Waals surface area contributed by atoms with Crippen LogP contribution in [0.4, 0.5) is 5.69 Å². The van der Waals surface area contributed by atoms with Crippen LogP contribution in [-0.4, -0.2) is 25.0 Å². The van der Waals surface area contributed by atoms with E-state index < -0.39 is 0 Å². The van der Waals surface area contributed by atoms with Gasteiger partial charge in [-0.15, -0.1) is 0 Å². The van der Waals surface area contributed by atoms with Crippen molar-refractivity contribution in [2.24, 2.45) is 5.73 Å². The molecule has 98 valence electrons. The molecule has 2 rings (SSSR count). The van der Waals surface area contributed by atoms with E-state index >= 15 is 0 Å². The van der Waals surface area contributed by atoms with Crippen molar-refractivity contribution in [1.29, 1.82) is 0 Å². The van der Waals surface area contributed by atoms with Gasteiger partial charge < -0.3 is 16.4 Å². The summed E-state index contributed by atoms with van der Waals surface area (Å²) in [4.78, 5) is 11.1. The normalized spacial score (nSPS) is 19.5. The summed E-state index contributed by atoms with van der Waals surface area (Å²) in [6.07, 6.45) is 3.81. The fourth-order valence-corrected chi connectivity index (χ4v) is 2.39. The largest absolute Gasteiger partial charge is 0.383 e. The van der Waals surface area contributed by atoms with Gasteiger partial charge in [-0.3, -0.25) is 4.79 Å². The number of hydrogen-bond donors (Lipinski definition) is 3. The lowest BCUT2D eigenvalue weighted by atomic mass is 10.0. The fraction of sp³-hybridized carbons (Fsp3) is 0.500. The van der Waals surface area contributed by atoms with Gasteiger partial charge in [-0.1, -0.05) is 6.42 Å². The Balaban J connectivity index is 1.93. The Labute approximate surface area is 108 Å². The van der Waals surface area contributed by atoms with Gasteiger partial charge in [-0.2, -0.15) is 0 Å². The summed E-state index contributed by atoms with van der Waals surface area (Å²) in [7, 11) is 0. The summed E-state index contributed by atoms with van der Waals surface area (Å²) in [5.74, 6) is -0.368. The molecule has 1 aliphatic rings. The molecule has 0 bridgehead atoms. The monoisotopic (exact) mass is 247 g/mol. The SMILES string of the molecule is Cc1cc(NCC2CCCCN2)ccc1C(N)=O. The number of amides is 1. The van der Waals surface area contributed by atoms with E-state index in [1.807, 2.05) is 19.1 Å². The molecule has 1 aromatic carbocycles. The van der Waals surface area contributed by atoms with E-state index in [1.54, 1.807) is 6.07 Å². The van der Waals surface area contributed by atoms with Crippen LogP contribution in [0.15, 0.2) is 18.2 Å². The predicted molar refractivity (Wildman–Crippen MR) is 73.8 cm³/mol. The summed E-state index contributed by atoms with van der Waals surface area (Å²) in [6.45, 7) is 3.95. The molecule has 4 N–H and O–H groups in total. The van der Waals surface area contributed by atoms with E-state index in [1.165, 1.54) is 19.3 Å². The third-order valence-corrected chi connectivity index (χ3v) is 3.46. The molecule has 18 heavy (non-hydrogen) atoms. The van der Waals surface area contributed by atoms with Crippen LogP contribution >= 0.6 is 0 Å². The maximum absolute atomic E-state index is 11.1. The van der Waals surface area contributed by atoms with E-state index in [-0.39, 0.29) is 5.91 Å². The lowest BCUT2D eigenvalue weighted by molar-refractivity contribution is 0.1000. The highest BCUT2D eigenvalue weighted by Gasteiger charge is 2.12. The second-order valence-electron chi connectivity index (χ2n) is 4.92. The average Bonchev–Trinajstić information content (AvgIpc) is 2.37. The smallest absolute Gasteiger partial charge is 0.248 e. The number of hydrogen-bond acceptors (Lipinski definition) is 3. The van der Waals surface area contributed by atoms with Crippen LogP contribution in [0.1, 0.15) is 35.2 Å².